The zero-order chi connectivity index (χ0) is 16.5. The molecule has 2 aliphatic rings. The van der Waals surface area contributed by atoms with Crippen LogP contribution in [0, 0.1) is 0 Å². The van der Waals surface area contributed by atoms with Gasteiger partial charge in [-0.2, -0.15) is 0 Å². The van der Waals surface area contributed by atoms with Crippen LogP contribution in [0.3, 0.4) is 0 Å². The summed E-state index contributed by atoms with van der Waals surface area (Å²) in [5, 5.41) is 0. The van der Waals surface area contributed by atoms with Crippen LogP contribution in [0.4, 0.5) is 0 Å². The fourth-order valence-corrected chi connectivity index (χ4v) is 4.18. The zero-order valence-corrected chi connectivity index (χ0v) is 13.7. The van der Waals surface area contributed by atoms with E-state index in [0.29, 0.717) is 5.92 Å². The van der Waals surface area contributed by atoms with Gasteiger partial charge in [0.2, 0.25) is 11.5 Å². The molecule has 1 N–H and O–H groups in total. The van der Waals surface area contributed by atoms with E-state index < -0.39 is 0 Å². The molecule has 124 valence electrons. The van der Waals surface area contributed by atoms with E-state index in [2.05, 4.69) is 23.2 Å². The molecule has 1 aliphatic heterocycles. The van der Waals surface area contributed by atoms with E-state index in [9.17, 15) is 9.59 Å². The van der Waals surface area contributed by atoms with Crippen molar-refractivity contribution in [1.82, 2.24) is 9.88 Å². The van der Waals surface area contributed by atoms with Crippen molar-refractivity contribution in [3.8, 4) is 0 Å². The van der Waals surface area contributed by atoms with Crippen molar-refractivity contribution < 1.29 is 4.79 Å². The Morgan fingerprint density at radius 2 is 1.88 bits per heavy atom. The van der Waals surface area contributed by atoms with Gasteiger partial charge in [-0.05, 0) is 54.4 Å². The SMILES string of the molecule is O=C(C1CCc2ccccc21)N1CCC(c2cc[nH]c(=O)c2)CC1. The second-order valence-electron chi connectivity index (χ2n) is 6.88. The number of amides is 1. The van der Waals surface area contributed by atoms with Gasteiger partial charge >= 0.3 is 0 Å². The Kier molecular flexibility index (Phi) is 3.97. The smallest absolute Gasteiger partial charge is 0.248 e. The van der Waals surface area contributed by atoms with Gasteiger partial charge in [-0.25, -0.2) is 0 Å². The van der Waals surface area contributed by atoms with E-state index in [4.69, 9.17) is 0 Å². The summed E-state index contributed by atoms with van der Waals surface area (Å²) in [4.78, 5) is 29.1. The van der Waals surface area contributed by atoms with E-state index in [1.807, 2.05) is 17.0 Å². The predicted octanol–water partition coefficient (Wildman–Crippen LogP) is 2.81. The first-order valence-electron chi connectivity index (χ1n) is 8.77. The Labute approximate surface area is 141 Å². The fourth-order valence-electron chi connectivity index (χ4n) is 4.18. The Morgan fingerprint density at radius 1 is 1.08 bits per heavy atom. The highest BCUT2D eigenvalue weighted by Crippen LogP contribution is 2.36. The summed E-state index contributed by atoms with van der Waals surface area (Å²) in [5.74, 6) is 0.703. The molecule has 2 aromatic rings. The Morgan fingerprint density at radius 3 is 2.67 bits per heavy atom. The molecule has 1 saturated heterocycles. The monoisotopic (exact) mass is 322 g/mol. The van der Waals surface area contributed by atoms with Gasteiger partial charge in [-0.3, -0.25) is 9.59 Å². The molecule has 0 bridgehead atoms. The zero-order valence-electron chi connectivity index (χ0n) is 13.7. The number of rotatable bonds is 2. The standard InChI is InChI=1S/C20H22N2O2/c23-19-13-16(7-10-21-19)14-8-11-22(12-9-14)20(24)18-6-5-15-3-1-2-4-17(15)18/h1-4,7,10,13-14,18H,5-6,8-9,11-12H2,(H,21,23). The van der Waals surface area contributed by atoms with Gasteiger partial charge in [0.05, 0.1) is 5.92 Å². The van der Waals surface area contributed by atoms with E-state index in [1.165, 1.54) is 11.1 Å². The molecular formula is C20H22N2O2. The van der Waals surface area contributed by atoms with Crippen molar-refractivity contribution in [1.29, 1.82) is 0 Å². The summed E-state index contributed by atoms with van der Waals surface area (Å²) in [6.45, 7) is 1.57. The second-order valence-corrected chi connectivity index (χ2v) is 6.88. The number of nitrogens with zero attached hydrogens (tertiary/aromatic N) is 1. The summed E-state index contributed by atoms with van der Waals surface area (Å²) < 4.78 is 0. The summed E-state index contributed by atoms with van der Waals surface area (Å²) >= 11 is 0. The number of hydrogen-bond acceptors (Lipinski definition) is 2. The first-order chi connectivity index (χ1) is 11.7. The molecule has 0 spiro atoms. The van der Waals surface area contributed by atoms with Crippen LogP contribution in [-0.4, -0.2) is 28.9 Å². The van der Waals surface area contributed by atoms with Crippen LogP contribution in [0.15, 0.2) is 47.4 Å². The highest BCUT2D eigenvalue weighted by molar-refractivity contribution is 5.85. The number of fused-ring (bicyclic) bond motifs is 1. The first kappa shape index (κ1) is 15.2. The van der Waals surface area contributed by atoms with Gasteiger partial charge in [0.15, 0.2) is 0 Å². The fraction of sp³-hybridized carbons (Fsp3) is 0.400. The van der Waals surface area contributed by atoms with Crippen LogP contribution in [0.5, 0.6) is 0 Å². The van der Waals surface area contributed by atoms with E-state index in [1.54, 1.807) is 12.3 Å². The average molecular weight is 322 g/mol. The van der Waals surface area contributed by atoms with Crippen LogP contribution in [0.25, 0.3) is 0 Å². The molecule has 1 amide bonds. The van der Waals surface area contributed by atoms with E-state index in [0.717, 1.165) is 44.3 Å². The summed E-state index contributed by atoms with van der Waals surface area (Å²) in [7, 11) is 0. The number of H-pyrrole nitrogens is 1. The molecule has 4 heteroatoms. The van der Waals surface area contributed by atoms with Gasteiger partial charge in [0.25, 0.3) is 0 Å². The van der Waals surface area contributed by atoms with Crippen LogP contribution in [-0.2, 0) is 11.2 Å². The van der Waals surface area contributed by atoms with Gasteiger partial charge < -0.3 is 9.88 Å². The summed E-state index contributed by atoms with van der Waals surface area (Å²) in [5.41, 5.74) is 3.60. The lowest BCUT2D eigenvalue weighted by Gasteiger charge is -2.34. The molecule has 1 aromatic heterocycles. The van der Waals surface area contributed by atoms with Crippen molar-refractivity contribution >= 4 is 5.91 Å². The highest BCUT2D eigenvalue weighted by Gasteiger charge is 2.33. The number of hydrogen-bond donors (Lipinski definition) is 1. The lowest BCUT2D eigenvalue weighted by atomic mass is 9.89. The number of likely N-dealkylation sites (tertiary alicyclic amines) is 1. The van der Waals surface area contributed by atoms with Gasteiger partial charge in [-0.15, -0.1) is 0 Å². The third kappa shape index (κ3) is 2.77. The van der Waals surface area contributed by atoms with Crippen molar-refractivity contribution in [2.75, 3.05) is 13.1 Å². The van der Waals surface area contributed by atoms with Crippen molar-refractivity contribution in [2.45, 2.75) is 37.5 Å². The van der Waals surface area contributed by atoms with Crippen LogP contribution in [0.2, 0.25) is 0 Å². The number of aromatic amines is 1. The molecular weight excluding hydrogens is 300 g/mol. The lowest BCUT2D eigenvalue weighted by molar-refractivity contribution is -0.133. The topological polar surface area (TPSA) is 53.2 Å². The predicted molar refractivity (Wildman–Crippen MR) is 93.1 cm³/mol. The molecule has 1 fully saturated rings. The minimum absolute atomic E-state index is 0.0392. The van der Waals surface area contributed by atoms with E-state index >= 15 is 0 Å². The van der Waals surface area contributed by atoms with Crippen LogP contribution >= 0.6 is 0 Å². The minimum atomic E-state index is -0.0476. The number of pyridine rings is 1. The molecule has 1 atom stereocenters. The molecule has 24 heavy (non-hydrogen) atoms. The molecule has 1 aromatic carbocycles. The number of aromatic nitrogens is 1. The average Bonchev–Trinajstić information content (AvgIpc) is 3.05. The Hall–Kier alpha value is -2.36. The summed E-state index contributed by atoms with van der Waals surface area (Å²) in [6.07, 6.45) is 5.53. The van der Waals surface area contributed by atoms with Crippen molar-refractivity contribution in [3.63, 3.8) is 0 Å². The number of aryl methyl sites for hydroxylation is 1. The van der Waals surface area contributed by atoms with Gasteiger partial charge in [-0.1, -0.05) is 24.3 Å². The third-order valence-electron chi connectivity index (χ3n) is 5.51. The third-order valence-corrected chi connectivity index (χ3v) is 5.51. The van der Waals surface area contributed by atoms with Gasteiger partial charge in [0.1, 0.15) is 0 Å². The molecule has 4 nitrogen and oxygen atoms in total. The maximum Gasteiger partial charge on any atom is 0.248 e. The molecule has 1 unspecified atom stereocenters. The number of piperidine rings is 1. The van der Waals surface area contributed by atoms with Crippen molar-refractivity contribution in [2.24, 2.45) is 0 Å². The maximum atomic E-state index is 12.9. The quantitative estimate of drug-likeness (QED) is 0.924. The van der Waals surface area contributed by atoms with Crippen LogP contribution in [0.1, 0.15) is 47.8 Å². The molecule has 0 radical (unpaired) electrons. The van der Waals surface area contributed by atoms with Gasteiger partial charge in [0, 0.05) is 25.4 Å². The number of carbonyl (C=O) groups is 1. The molecule has 4 rings (SSSR count). The molecule has 0 saturated carbocycles. The Bertz CT molecular complexity index is 803. The molecule has 1 aliphatic carbocycles. The van der Waals surface area contributed by atoms with Crippen LogP contribution < -0.4 is 5.56 Å². The Balaban J connectivity index is 1.43. The molecule has 2 heterocycles. The van der Waals surface area contributed by atoms with E-state index in [-0.39, 0.29) is 17.4 Å². The maximum absolute atomic E-state index is 12.9. The lowest BCUT2D eigenvalue weighted by Crippen LogP contribution is -2.40. The highest BCUT2D eigenvalue weighted by atomic mass is 16.2. The second kappa shape index (κ2) is 6.27. The first-order valence-corrected chi connectivity index (χ1v) is 8.77. The van der Waals surface area contributed by atoms with Crippen molar-refractivity contribution in [3.05, 3.63) is 69.6 Å². The number of carbonyl (C=O) groups excluding carboxylic acids is 1. The number of benzene rings is 1. The summed E-state index contributed by atoms with van der Waals surface area (Å²) in [6, 6.07) is 12.0. The normalized spacial score (nSPS) is 20.8. The largest absolute Gasteiger partial charge is 0.342 e. The number of nitrogens with one attached hydrogen (secondary N) is 1. The minimum Gasteiger partial charge on any atom is -0.342 e.